The van der Waals surface area contributed by atoms with Crippen LogP contribution in [0.25, 0.3) is 0 Å². The van der Waals surface area contributed by atoms with E-state index in [0.29, 0.717) is 16.5 Å². The quantitative estimate of drug-likeness (QED) is 0.861. The van der Waals surface area contributed by atoms with Crippen molar-refractivity contribution in [3.63, 3.8) is 0 Å². The molecule has 0 aliphatic carbocycles. The van der Waals surface area contributed by atoms with E-state index < -0.39 is 17.4 Å². The smallest absolute Gasteiger partial charge is 0.326 e. The van der Waals surface area contributed by atoms with Crippen molar-refractivity contribution in [2.45, 2.75) is 46.8 Å². The van der Waals surface area contributed by atoms with Gasteiger partial charge in [0.1, 0.15) is 11.8 Å². The monoisotopic (exact) mass is 299 g/mol. The number of anilines is 1. The molecule has 0 aromatic heterocycles. The van der Waals surface area contributed by atoms with Crippen molar-refractivity contribution in [1.82, 2.24) is 0 Å². The van der Waals surface area contributed by atoms with Crippen LogP contribution in [0.3, 0.4) is 0 Å². The number of rotatable bonds is 5. The maximum absolute atomic E-state index is 11.3. The Balaban J connectivity index is 2.93. The number of carbonyl (C=O) groups is 1. The lowest BCUT2D eigenvalue weighted by Gasteiger charge is -2.28. The number of carboxylic acids is 1. The zero-order valence-electron chi connectivity index (χ0n) is 12.5. The third-order valence-electron chi connectivity index (χ3n) is 2.72. The first-order chi connectivity index (χ1) is 9.11. The molecular formula is C15H22ClNO3. The van der Waals surface area contributed by atoms with E-state index in [1.807, 2.05) is 34.6 Å². The molecule has 1 aromatic rings. The Morgan fingerprint density at radius 1 is 1.35 bits per heavy atom. The maximum Gasteiger partial charge on any atom is 0.326 e. The number of hydrogen-bond acceptors (Lipinski definition) is 3. The zero-order valence-corrected chi connectivity index (χ0v) is 13.3. The molecule has 4 nitrogen and oxygen atoms in total. The molecule has 0 aliphatic rings. The van der Waals surface area contributed by atoms with Crippen LogP contribution in [-0.4, -0.2) is 23.2 Å². The van der Waals surface area contributed by atoms with Gasteiger partial charge in [-0.05, 0) is 37.5 Å². The van der Waals surface area contributed by atoms with E-state index >= 15 is 0 Å². The van der Waals surface area contributed by atoms with Crippen molar-refractivity contribution in [3.05, 3.63) is 23.2 Å². The Kier molecular flexibility index (Phi) is 5.28. The summed E-state index contributed by atoms with van der Waals surface area (Å²) < 4.78 is 5.54. The van der Waals surface area contributed by atoms with Gasteiger partial charge in [-0.2, -0.15) is 0 Å². The highest BCUT2D eigenvalue weighted by Gasteiger charge is 2.31. The van der Waals surface area contributed by atoms with Crippen molar-refractivity contribution in [1.29, 1.82) is 0 Å². The summed E-state index contributed by atoms with van der Waals surface area (Å²) in [7, 11) is 0. The molecule has 0 fully saturated rings. The topological polar surface area (TPSA) is 58.6 Å². The summed E-state index contributed by atoms with van der Waals surface area (Å²) >= 11 is 6.14. The van der Waals surface area contributed by atoms with Gasteiger partial charge in [-0.3, -0.25) is 0 Å². The molecule has 0 heterocycles. The Labute approximate surface area is 125 Å². The van der Waals surface area contributed by atoms with Crippen LogP contribution < -0.4 is 10.1 Å². The van der Waals surface area contributed by atoms with Crippen LogP contribution in [-0.2, 0) is 4.79 Å². The predicted molar refractivity (Wildman–Crippen MR) is 81.7 cm³/mol. The molecule has 0 spiro atoms. The molecule has 1 atom stereocenters. The van der Waals surface area contributed by atoms with Gasteiger partial charge in [0.25, 0.3) is 0 Å². The van der Waals surface area contributed by atoms with Crippen LogP contribution in [0.5, 0.6) is 5.75 Å². The van der Waals surface area contributed by atoms with Gasteiger partial charge in [-0.15, -0.1) is 0 Å². The summed E-state index contributed by atoms with van der Waals surface area (Å²) in [6, 6.07) is 4.49. The molecule has 2 N–H and O–H groups in total. The van der Waals surface area contributed by atoms with Crippen LogP contribution in [0.1, 0.15) is 34.6 Å². The van der Waals surface area contributed by atoms with E-state index in [2.05, 4.69) is 5.32 Å². The van der Waals surface area contributed by atoms with Gasteiger partial charge >= 0.3 is 5.97 Å². The molecule has 1 unspecified atom stereocenters. The van der Waals surface area contributed by atoms with E-state index in [9.17, 15) is 9.90 Å². The minimum atomic E-state index is -0.892. The summed E-state index contributed by atoms with van der Waals surface area (Å²) in [6.07, 6.45) is 0.0349. The fourth-order valence-corrected chi connectivity index (χ4v) is 1.98. The van der Waals surface area contributed by atoms with Gasteiger partial charge < -0.3 is 15.2 Å². The van der Waals surface area contributed by atoms with E-state index in [-0.39, 0.29) is 6.10 Å². The number of hydrogen-bond donors (Lipinski definition) is 2. The third kappa shape index (κ3) is 4.60. The summed E-state index contributed by atoms with van der Waals surface area (Å²) in [5, 5.41) is 12.8. The van der Waals surface area contributed by atoms with Crippen molar-refractivity contribution in [2.24, 2.45) is 5.41 Å². The number of halogens is 1. The van der Waals surface area contributed by atoms with Crippen molar-refractivity contribution >= 4 is 23.3 Å². The van der Waals surface area contributed by atoms with Crippen LogP contribution in [0.15, 0.2) is 18.2 Å². The summed E-state index contributed by atoms with van der Waals surface area (Å²) in [4.78, 5) is 11.3. The van der Waals surface area contributed by atoms with Gasteiger partial charge in [-0.25, -0.2) is 4.79 Å². The lowest BCUT2D eigenvalue weighted by atomic mass is 9.86. The number of aliphatic carboxylic acids is 1. The van der Waals surface area contributed by atoms with Gasteiger partial charge in [0.15, 0.2) is 0 Å². The fourth-order valence-electron chi connectivity index (χ4n) is 1.76. The molecule has 1 aromatic carbocycles. The number of nitrogens with one attached hydrogen (secondary N) is 1. The molecule has 5 heteroatoms. The first-order valence-electron chi connectivity index (χ1n) is 6.57. The Morgan fingerprint density at radius 2 is 1.95 bits per heavy atom. The average molecular weight is 300 g/mol. The van der Waals surface area contributed by atoms with E-state index in [0.717, 1.165) is 0 Å². The molecule has 1 rings (SSSR count). The van der Waals surface area contributed by atoms with Gasteiger partial charge in [0.2, 0.25) is 0 Å². The standard InChI is InChI=1S/C15H22ClNO3/c1-9(2)20-12-7-6-10(8-11(12)16)17-13(14(18)19)15(3,4)5/h6-9,13,17H,1-5H3,(H,18,19). The van der Waals surface area contributed by atoms with Crippen LogP contribution in [0.4, 0.5) is 5.69 Å². The summed E-state index contributed by atoms with van der Waals surface area (Å²) in [5.74, 6) is -0.300. The van der Waals surface area contributed by atoms with Gasteiger partial charge in [0.05, 0.1) is 11.1 Å². The number of ether oxygens (including phenoxy) is 1. The van der Waals surface area contributed by atoms with Gasteiger partial charge in [0, 0.05) is 5.69 Å². The minimum absolute atomic E-state index is 0.0349. The third-order valence-corrected chi connectivity index (χ3v) is 3.01. The Bertz CT molecular complexity index is 480. The highest BCUT2D eigenvalue weighted by atomic mass is 35.5. The minimum Gasteiger partial charge on any atom is -0.489 e. The summed E-state index contributed by atoms with van der Waals surface area (Å²) in [6.45, 7) is 9.45. The Morgan fingerprint density at radius 3 is 2.35 bits per heavy atom. The highest BCUT2D eigenvalue weighted by molar-refractivity contribution is 6.32. The van der Waals surface area contributed by atoms with E-state index in [1.54, 1.807) is 18.2 Å². The number of benzene rings is 1. The molecule has 0 saturated carbocycles. The van der Waals surface area contributed by atoms with Crippen molar-refractivity contribution in [3.8, 4) is 5.75 Å². The summed E-state index contributed by atoms with van der Waals surface area (Å²) in [5.41, 5.74) is 0.249. The normalized spacial score (nSPS) is 13.2. The van der Waals surface area contributed by atoms with E-state index in [4.69, 9.17) is 16.3 Å². The second kappa shape index (κ2) is 6.35. The molecule has 20 heavy (non-hydrogen) atoms. The molecule has 0 aliphatic heterocycles. The first kappa shape index (κ1) is 16.6. The molecular weight excluding hydrogens is 278 g/mol. The molecule has 112 valence electrons. The highest BCUT2D eigenvalue weighted by Crippen LogP contribution is 2.30. The van der Waals surface area contributed by atoms with Gasteiger partial charge in [-0.1, -0.05) is 32.4 Å². The van der Waals surface area contributed by atoms with Crippen molar-refractivity contribution < 1.29 is 14.6 Å². The predicted octanol–water partition coefficient (Wildman–Crippen LogP) is 4.04. The Hall–Kier alpha value is -1.42. The van der Waals surface area contributed by atoms with Crippen LogP contribution in [0.2, 0.25) is 5.02 Å². The van der Waals surface area contributed by atoms with Crippen LogP contribution >= 0.6 is 11.6 Å². The zero-order chi connectivity index (χ0) is 15.5. The second-order valence-corrected chi connectivity index (χ2v) is 6.50. The maximum atomic E-state index is 11.3. The largest absolute Gasteiger partial charge is 0.489 e. The molecule has 0 radical (unpaired) electrons. The van der Waals surface area contributed by atoms with E-state index in [1.165, 1.54) is 0 Å². The lowest BCUT2D eigenvalue weighted by molar-refractivity contribution is -0.140. The molecule has 0 amide bonds. The lowest BCUT2D eigenvalue weighted by Crippen LogP contribution is -2.41. The SMILES string of the molecule is CC(C)Oc1ccc(NC(C(=O)O)C(C)(C)C)cc1Cl. The van der Waals surface area contributed by atoms with Crippen LogP contribution in [0, 0.1) is 5.41 Å². The average Bonchev–Trinajstić information content (AvgIpc) is 2.26. The molecule has 0 saturated heterocycles. The van der Waals surface area contributed by atoms with Crippen molar-refractivity contribution in [2.75, 3.05) is 5.32 Å². The first-order valence-corrected chi connectivity index (χ1v) is 6.94. The number of carboxylic acid groups (broad SMARTS) is 1. The fraction of sp³-hybridized carbons (Fsp3) is 0.533. The molecule has 0 bridgehead atoms. The second-order valence-electron chi connectivity index (χ2n) is 6.09.